The zero-order valence-electron chi connectivity index (χ0n) is 27.8. The molecule has 49 heavy (non-hydrogen) atoms. The van der Waals surface area contributed by atoms with E-state index >= 15 is 0 Å². The van der Waals surface area contributed by atoms with Crippen molar-refractivity contribution in [2.24, 2.45) is 0 Å². The van der Waals surface area contributed by atoms with Gasteiger partial charge in [0.15, 0.2) is 0 Å². The van der Waals surface area contributed by atoms with Gasteiger partial charge in [0.2, 0.25) is 0 Å². The average molecular weight is 635 g/mol. The Kier molecular flexibility index (Phi) is 6.96. The van der Waals surface area contributed by atoms with Crippen molar-refractivity contribution in [3.8, 4) is 12.1 Å². The van der Waals surface area contributed by atoms with Crippen LogP contribution >= 0.6 is 0 Å². The van der Waals surface area contributed by atoms with E-state index in [4.69, 9.17) is 0 Å². The number of anilines is 2. The van der Waals surface area contributed by atoms with E-state index in [1.807, 2.05) is 12.1 Å². The minimum absolute atomic E-state index is 0.0889. The van der Waals surface area contributed by atoms with Crippen molar-refractivity contribution in [3.05, 3.63) is 172 Å². The molecular weight excluding hydrogens is 597 g/mol. The molecule has 0 N–H and O–H groups in total. The minimum Gasteiger partial charge on any atom is -0.360 e. The predicted molar refractivity (Wildman–Crippen MR) is 197 cm³/mol. The van der Waals surface area contributed by atoms with Crippen molar-refractivity contribution in [1.29, 1.82) is 10.5 Å². The van der Waals surface area contributed by atoms with Crippen LogP contribution in [-0.4, -0.2) is 23.0 Å². The molecule has 0 spiro atoms. The first kappa shape index (κ1) is 29.6. The van der Waals surface area contributed by atoms with Crippen LogP contribution in [0.2, 0.25) is 0 Å². The quantitative estimate of drug-likeness (QED) is 0.268. The third-order valence-corrected chi connectivity index (χ3v) is 11.7. The van der Waals surface area contributed by atoms with Gasteiger partial charge in [0.25, 0.3) is 0 Å². The van der Waals surface area contributed by atoms with E-state index in [-0.39, 0.29) is 23.4 Å². The Morgan fingerprint density at radius 1 is 0.857 bits per heavy atom. The highest BCUT2D eigenvalue weighted by molar-refractivity contribution is 5.89. The van der Waals surface area contributed by atoms with E-state index in [0.717, 1.165) is 36.9 Å². The monoisotopic (exact) mass is 634 g/mol. The molecule has 0 saturated heterocycles. The van der Waals surface area contributed by atoms with E-state index < -0.39 is 0 Å². The first-order valence-electron chi connectivity index (χ1n) is 17.7. The minimum atomic E-state index is -0.281. The highest BCUT2D eigenvalue weighted by Crippen LogP contribution is 2.57. The summed E-state index contributed by atoms with van der Waals surface area (Å²) >= 11 is 0. The van der Waals surface area contributed by atoms with Gasteiger partial charge in [-0.2, -0.15) is 10.5 Å². The van der Waals surface area contributed by atoms with Gasteiger partial charge >= 0.3 is 0 Å². The Morgan fingerprint density at radius 2 is 1.71 bits per heavy atom. The normalized spacial score (nSPS) is 27.7. The van der Waals surface area contributed by atoms with E-state index in [9.17, 15) is 10.5 Å². The zero-order valence-corrected chi connectivity index (χ0v) is 27.8. The fourth-order valence-corrected chi connectivity index (χ4v) is 9.48. The molecule has 4 nitrogen and oxygen atoms in total. The molecule has 0 fully saturated rings. The SMILES string of the molecule is CC12C(c3cccc(C4C=CC=C5C6=C(CCC(C#N)=C6)N(C6C=CCCC6)C54)c3)=CC=CC1N(c1ccc(C#N)cc1)c1ccccc12. The molecule has 0 aromatic heterocycles. The van der Waals surface area contributed by atoms with Gasteiger partial charge in [0.05, 0.1) is 29.8 Å². The predicted octanol–water partition coefficient (Wildman–Crippen LogP) is 9.86. The van der Waals surface area contributed by atoms with Crippen LogP contribution in [0.15, 0.2) is 150 Å². The van der Waals surface area contributed by atoms with Crippen LogP contribution in [0.3, 0.4) is 0 Å². The van der Waals surface area contributed by atoms with Gasteiger partial charge in [0, 0.05) is 40.0 Å². The smallest absolute Gasteiger partial charge is 0.0991 e. The van der Waals surface area contributed by atoms with E-state index in [1.54, 1.807) is 0 Å². The Morgan fingerprint density at radius 3 is 2.53 bits per heavy atom. The number of nitriles is 2. The van der Waals surface area contributed by atoms with Crippen LogP contribution in [-0.2, 0) is 5.41 Å². The molecule has 6 aliphatic rings. The lowest BCUT2D eigenvalue weighted by atomic mass is 9.67. The number of rotatable bonds is 4. The van der Waals surface area contributed by atoms with Crippen molar-refractivity contribution < 1.29 is 0 Å². The van der Waals surface area contributed by atoms with Crippen LogP contribution in [0.25, 0.3) is 5.57 Å². The van der Waals surface area contributed by atoms with Gasteiger partial charge in [-0.1, -0.05) is 91.1 Å². The molecule has 3 aromatic rings. The molecule has 4 aliphatic carbocycles. The largest absolute Gasteiger partial charge is 0.360 e. The van der Waals surface area contributed by atoms with Crippen LogP contribution in [0.4, 0.5) is 11.4 Å². The standard InChI is InChI=1S/C45H38N4/c1-45-39(17-9-19-43(45)48(42-18-6-5-16-40(42)45)35-23-20-30(28-46)21-24-35)33-11-7-10-32(27-33)36-14-8-15-37-38-26-31(29-47)22-25-41(38)49(44(36)37)34-12-3-2-4-13-34/h3,5-12,14-21,23-24,26-27,34,36,43-44H,2,4,13,22,25H2,1H3. The summed E-state index contributed by atoms with van der Waals surface area (Å²) in [6.45, 7) is 2.40. The molecule has 9 rings (SSSR count). The Balaban J connectivity index is 1.12. The summed E-state index contributed by atoms with van der Waals surface area (Å²) < 4.78 is 0. The molecule has 5 atom stereocenters. The molecule has 0 radical (unpaired) electrons. The summed E-state index contributed by atoms with van der Waals surface area (Å²) in [5.74, 6) is 0.189. The second-order valence-electron chi connectivity index (χ2n) is 14.2. The van der Waals surface area contributed by atoms with Gasteiger partial charge < -0.3 is 9.80 Å². The maximum atomic E-state index is 9.83. The van der Waals surface area contributed by atoms with Crippen molar-refractivity contribution in [2.45, 2.75) is 68.5 Å². The summed E-state index contributed by atoms with van der Waals surface area (Å²) in [6, 6.07) is 31.5. The number of allylic oxidation sites excluding steroid dienone is 8. The molecule has 0 amide bonds. The number of benzene rings is 3. The highest BCUT2D eigenvalue weighted by atomic mass is 15.2. The highest BCUT2D eigenvalue weighted by Gasteiger charge is 2.51. The molecule has 3 aromatic carbocycles. The first-order valence-corrected chi connectivity index (χ1v) is 17.7. The van der Waals surface area contributed by atoms with Crippen LogP contribution in [0.5, 0.6) is 0 Å². The number of fused-ring (bicyclic) bond motifs is 5. The lowest BCUT2D eigenvalue weighted by Gasteiger charge is -2.42. The van der Waals surface area contributed by atoms with Crippen LogP contribution < -0.4 is 4.90 Å². The third kappa shape index (κ3) is 4.48. The molecule has 5 unspecified atom stereocenters. The third-order valence-electron chi connectivity index (χ3n) is 11.7. The van der Waals surface area contributed by atoms with Crippen LogP contribution in [0, 0.1) is 22.7 Å². The molecule has 4 heteroatoms. The Hall–Kier alpha value is -5.58. The fourth-order valence-electron chi connectivity index (χ4n) is 9.48. The van der Waals surface area contributed by atoms with Gasteiger partial charge in [-0.15, -0.1) is 0 Å². The van der Waals surface area contributed by atoms with Crippen LogP contribution in [0.1, 0.15) is 67.2 Å². The average Bonchev–Trinajstić information content (AvgIpc) is 3.64. The van der Waals surface area contributed by atoms with Crippen molar-refractivity contribution >= 4 is 16.9 Å². The summed E-state index contributed by atoms with van der Waals surface area (Å²) in [6.07, 6.45) is 26.1. The van der Waals surface area contributed by atoms with Gasteiger partial charge in [-0.25, -0.2) is 0 Å². The lowest BCUT2D eigenvalue weighted by molar-refractivity contribution is 0.218. The van der Waals surface area contributed by atoms with E-state index in [1.165, 1.54) is 51.2 Å². The van der Waals surface area contributed by atoms with Gasteiger partial charge in [0.1, 0.15) is 0 Å². The molecule has 2 heterocycles. The summed E-state index contributed by atoms with van der Waals surface area (Å²) in [4.78, 5) is 5.17. The number of nitrogens with zero attached hydrogens (tertiary/aromatic N) is 4. The second-order valence-corrected chi connectivity index (χ2v) is 14.2. The van der Waals surface area contributed by atoms with Gasteiger partial charge in [-0.3, -0.25) is 0 Å². The molecule has 2 aliphatic heterocycles. The number of para-hydroxylation sites is 1. The Bertz CT molecular complexity index is 2170. The molecule has 238 valence electrons. The van der Waals surface area contributed by atoms with E-state index in [2.05, 4.69) is 144 Å². The zero-order chi connectivity index (χ0) is 33.1. The summed E-state index contributed by atoms with van der Waals surface area (Å²) in [5, 5.41) is 19.3. The Labute approximate surface area is 289 Å². The van der Waals surface area contributed by atoms with Crippen molar-refractivity contribution in [3.63, 3.8) is 0 Å². The fraction of sp³-hybridized carbons (Fsp3) is 0.244. The number of hydrogen-bond donors (Lipinski definition) is 0. The van der Waals surface area contributed by atoms with Crippen molar-refractivity contribution in [1.82, 2.24) is 4.90 Å². The maximum absolute atomic E-state index is 9.83. The lowest BCUT2D eigenvalue weighted by Crippen LogP contribution is -2.43. The van der Waals surface area contributed by atoms with Crippen molar-refractivity contribution in [2.75, 3.05) is 4.90 Å². The molecule has 0 saturated carbocycles. The second kappa shape index (κ2) is 11.5. The summed E-state index contributed by atoms with van der Waals surface area (Å²) in [7, 11) is 0. The van der Waals surface area contributed by atoms with E-state index in [0.29, 0.717) is 11.6 Å². The maximum Gasteiger partial charge on any atom is 0.0991 e. The molecule has 0 bridgehead atoms. The summed E-state index contributed by atoms with van der Waals surface area (Å²) in [5.41, 5.74) is 12.8. The number of hydrogen-bond acceptors (Lipinski definition) is 4. The first-order chi connectivity index (χ1) is 24.1. The molecular formula is C45H38N4. The van der Waals surface area contributed by atoms with Gasteiger partial charge in [-0.05, 0) is 109 Å². The topological polar surface area (TPSA) is 54.1 Å².